The SMILES string of the molecule is CS(=O)(=O)c1ccc(Oc2ccc(NC(=O)CC3COCCN3)cc2)cc1. The average molecular weight is 390 g/mol. The number of ether oxygens (including phenoxy) is 2. The number of sulfone groups is 1. The van der Waals surface area contributed by atoms with Gasteiger partial charge in [0.25, 0.3) is 0 Å². The molecular weight excluding hydrogens is 368 g/mol. The van der Waals surface area contributed by atoms with Crippen LogP contribution in [0, 0.1) is 0 Å². The first-order valence-electron chi connectivity index (χ1n) is 8.59. The molecule has 2 aromatic rings. The quantitative estimate of drug-likeness (QED) is 0.785. The summed E-state index contributed by atoms with van der Waals surface area (Å²) in [6.45, 7) is 1.98. The molecule has 27 heavy (non-hydrogen) atoms. The predicted molar refractivity (Wildman–Crippen MR) is 102 cm³/mol. The molecule has 8 heteroatoms. The number of hydrogen-bond acceptors (Lipinski definition) is 6. The van der Waals surface area contributed by atoms with Crippen LogP contribution in [-0.4, -0.2) is 46.4 Å². The van der Waals surface area contributed by atoms with Crippen LogP contribution in [0.5, 0.6) is 11.5 Å². The van der Waals surface area contributed by atoms with Gasteiger partial charge in [0.05, 0.1) is 18.1 Å². The molecule has 1 heterocycles. The molecule has 0 spiro atoms. The van der Waals surface area contributed by atoms with Crippen molar-refractivity contribution in [2.75, 3.05) is 31.3 Å². The standard InChI is InChI=1S/C19H22N2O5S/c1-27(23,24)18-8-6-17(7-9-18)26-16-4-2-14(3-5-16)21-19(22)12-15-13-25-11-10-20-15/h2-9,15,20H,10-13H2,1H3,(H,21,22). The molecule has 1 amide bonds. The summed E-state index contributed by atoms with van der Waals surface area (Å²) in [5.41, 5.74) is 0.677. The highest BCUT2D eigenvalue weighted by atomic mass is 32.2. The van der Waals surface area contributed by atoms with Crippen LogP contribution in [0.25, 0.3) is 0 Å². The summed E-state index contributed by atoms with van der Waals surface area (Å²) >= 11 is 0. The summed E-state index contributed by atoms with van der Waals surface area (Å²) < 4.78 is 34.0. The van der Waals surface area contributed by atoms with Crippen molar-refractivity contribution in [3.05, 3.63) is 48.5 Å². The van der Waals surface area contributed by atoms with Gasteiger partial charge in [-0.3, -0.25) is 4.79 Å². The second-order valence-electron chi connectivity index (χ2n) is 6.35. The van der Waals surface area contributed by atoms with Crippen molar-refractivity contribution < 1.29 is 22.7 Å². The first-order chi connectivity index (χ1) is 12.9. The van der Waals surface area contributed by atoms with Crippen LogP contribution in [0.3, 0.4) is 0 Å². The Kier molecular flexibility index (Phi) is 6.10. The van der Waals surface area contributed by atoms with E-state index in [-0.39, 0.29) is 16.8 Å². The summed E-state index contributed by atoms with van der Waals surface area (Å²) in [5.74, 6) is 1.04. The lowest BCUT2D eigenvalue weighted by Gasteiger charge is -2.23. The van der Waals surface area contributed by atoms with Crippen molar-refractivity contribution in [3.63, 3.8) is 0 Å². The Balaban J connectivity index is 1.54. The second kappa shape index (κ2) is 8.51. The van der Waals surface area contributed by atoms with Gasteiger partial charge in [0.2, 0.25) is 5.91 Å². The van der Waals surface area contributed by atoms with Crippen LogP contribution in [0.2, 0.25) is 0 Å². The predicted octanol–water partition coefficient (Wildman–Crippen LogP) is 2.20. The molecule has 0 aliphatic carbocycles. The van der Waals surface area contributed by atoms with Crippen LogP contribution in [0.1, 0.15) is 6.42 Å². The van der Waals surface area contributed by atoms with Gasteiger partial charge in [-0.15, -0.1) is 0 Å². The maximum atomic E-state index is 12.1. The molecule has 1 aliphatic heterocycles. The van der Waals surface area contributed by atoms with E-state index in [2.05, 4.69) is 10.6 Å². The normalized spacial score (nSPS) is 17.3. The molecule has 0 aromatic heterocycles. The number of anilines is 1. The Labute approximate surface area is 158 Å². The van der Waals surface area contributed by atoms with Crippen molar-refractivity contribution in [2.45, 2.75) is 17.4 Å². The van der Waals surface area contributed by atoms with Crippen LogP contribution >= 0.6 is 0 Å². The van der Waals surface area contributed by atoms with E-state index in [0.29, 0.717) is 36.8 Å². The molecule has 0 radical (unpaired) electrons. The van der Waals surface area contributed by atoms with Gasteiger partial charge in [-0.25, -0.2) is 8.42 Å². The number of amides is 1. The van der Waals surface area contributed by atoms with Crippen molar-refractivity contribution in [1.29, 1.82) is 0 Å². The minimum Gasteiger partial charge on any atom is -0.457 e. The smallest absolute Gasteiger partial charge is 0.226 e. The highest BCUT2D eigenvalue weighted by Crippen LogP contribution is 2.24. The zero-order valence-electron chi connectivity index (χ0n) is 15.0. The molecule has 1 fully saturated rings. The molecule has 0 bridgehead atoms. The lowest BCUT2D eigenvalue weighted by atomic mass is 10.2. The topological polar surface area (TPSA) is 93.7 Å². The number of benzene rings is 2. The third kappa shape index (κ3) is 5.78. The van der Waals surface area contributed by atoms with E-state index in [4.69, 9.17) is 9.47 Å². The Hall–Kier alpha value is -2.42. The van der Waals surface area contributed by atoms with Crippen LogP contribution < -0.4 is 15.4 Å². The van der Waals surface area contributed by atoms with Gasteiger partial charge in [0, 0.05) is 31.0 Å². The molecule has 1 aliphatic rings. The summed E-state index contributed by atoms with van der Waals surface area (Å²) in [6.07, 6.45) is 1.51. The van der Waals surface area contributed by atoms with Gasteiger partial charge < -0.3 is 20.1 Å². The Morgan fingerprint density at radius 2 is 1.78 bits per heavy atom. The summed E-state index contributed by atoms with van der Waals surface area (Å²) in [6, 6.07) is 13.2. The third-order valence-corrected chi connectivity index (χ3v) is 5.18. The molecule has 3 rings (SSSR count). The van der Waals surface area contributed by atoms with Crippen molar-refractivity contribution >= 4 is 21.4 Å². The van der Waals surface area contributed by atoms with E-state index in [1.54, 1.807) is 36.4 Å². The van der Waals surface area contributed by atoms with Gasteiger partial charge in [-0.05, 0) is 48.5 Å². The van der Waals surface area contributed by atoms with Gasteiger partial charge in [-0.1, -0.05) is 0 Å². The van der Waals surface area contributed by atoms with Crippen LogP contribution in [0.15, 0.2) is 53.4 Å². The minimum absolute atomic E-state index is 0.0382. The van der Waals surface area contributed by atoms with Crippen molar-refractivity contribution in [1.82, 2.24) is 5.32 Å². The first kappa shape index (κ1) is 19.3. The molecular formula is C19H22N2O5S. The molecule has 7 nitrogen and oxygen atoms in total. The molecule has 2 aromatic carbocycles. The Morgan fingerprint density at radius 1 is 1.15 bits per heavy atom. The fourth-order valence-corrected chi connectivity index (χ4v) is 3.31. The number of rotatable bonds is 6. The monoisotopic (exact) mass is 390 g/mol. The average Bonchev–Trinajstić information content (AvgIpc) is 2.64. The van der Waals surface area contributed by atoms with E-state index in [9.17, 15) is 13.2 Å². The van der Waals surface area contributed by atoms with Gasteiger partial charge in [-0.2, -0.15) is 0 Å². The maximum Gasteiger partial charge on any atom is 0.226 e. The zero-order chi connectivity index (χ0) is 19.3. The largest absolute Gasteiger partial charge is 0.457 e. The maximum absolute atomic E-state index is 12.1. The van der Waals surface area contributed by atoms with Crippen LogP contribution in [0.4, 0.5) is 5.69 Å². The number of hydrogen-bond donors (Lipinski definition) is 2. The molecule has 1 unspecified atom stereocenters. The molecule has 1 atom stereocenters. The molecule has 1 saturated heterocycles. The summed E-state index contributed by atoms with van der Waals surface area (Å²) in [7, 11) is -3.23. The van der Waals surface area contributed by atoms with E-state index < -0.39 is 9.84 Å². The lowest BCUT2D eigenvalue weighted by Crippen LogP contribution is -2.43. The van der Waals surface area contributed by atoms with Crippen molar-refractivity contribution in [2.24, 2.45) is 0 Å². The van der Waals surface area contributed by atoms with E-state index >= 15 is 0 Å². The highest BCUT2D eigenvalue weighted by molar-refractivity contribution is 7.90. The van der Waals surface area contributed by atoms with Gasteiger partial charge >= 0.3 is 0 Å². The first-order valence-corrected chi connectivity index (χ1v) is 10.5. The van der Waals surface area contributed by atoms with Crippen LogP contribution in [-0.2, 0) is 19.4 Å². The minimum atomic E-state index is -3.23. The Bertz CT molecular complexity index is 873. The van der Waals surface area contributed by atoms with E-state index in [0.717, 1.165) is 12.8 Å². The van der Waals surface area contributed by atoms with E-state index in [1.165, 1.54) is 12.1 Å². The fraction of sp³-hybridized carbons (Fsp3) is 0.316. The summed E-state index contributed by atoms with van der Waals surface area (Å²) in [5, 5.41) is 6.09. The number of carbonyl (C=O) groups excluding carboxylic acids is 1. The second-order valence-corrected chi connectivity index (χ2v) is 8.36. The fourth-order valence-electron chi connectivity index (χ4n) is 2.68. The van der Waals surface area contributed by atoms with Crippen molar-refractivity contribution in [3.8, 4) is 11.5 Å². The van der Waals surface area contributed by atoms with Gasteiger partial charge in [0.1, 0.15) is 11.5 Å². The van der Waals surface area contributed by atoms with Gasteiger partial charge in [0.15, 0.2) is 9.84 Å². The highest BCUT2D eigenvalue weighted by Gasteiger charge is 2.16. The van der Waals surface area contributed by atoms with E-state index in [1.807, 2.05) is 0 Å². The zero-order valence-corrected chi connectivity index (χ0v) is 15.8. The number of nitrogens with one attached hydrogen (secondary N) is 2. The number of carbonyl (C=O) groups is 1. The third-order valence-electron chi connectivity index (χ3n) is 4.06. The number of morpholine rings is 1. The molecule has 144 valence electrons. The summed E-state index contributed by atoms with van der Waals surface area (Å²) in [4.78, 5) is 12.3. The molecule has 2 N–H and O–H groups in total. The lowest BCUT2D eigenvalue weighted by molar-refractivity contribution is -0.117. The molecule has 0 saturated carbocycles. The Morgan fingerprint density at radius 3 is 2.33 bits per heavy atom.